The molecule has 0 saturated carbocycles. The van der Waals surface area contributed by atoms with E-state index in [0.29, 0.717) is 5.69 Å². The lowest BCUT2D eigenvalue weighted by molar-refractivity contribution is 0.102. The van der Waals surface area contributed by atoms with Crippen LogP contribution in [0.4, 0.5) is 14.5 Å². The Morgan fingerprint density at radius 2 is 1.72 bits per heavy atom. The summed E-state index contributed by atoms with van der Waals surface area (Å²) < 4.78 is 26.9. The summed E-state index contributed by atoms with van der Waals surface area (Å²) in [4.78, 5) is 11.8. The van der Waals surface area contributed by atoms with E-state index in [0.717, 1.165) is 21.8 Å². The Hall–Kier alpha value is -1.50. The van der Waals surface area contributed by atoms with Gasteiger partial charge in [-0.3, -0.25) is 4.79 Å². The first-order chi connectivity index (χ1) is 8.54. The van der Waals surface area contributed by atoms with E-state index in [2.05, 4.69) is 27.9 Å². The van der Waals surface area contributed by atoms with Gasteiger partial charge in [0.25, 0.3) is 5.91 Å². The fraction of sp³-hybridized carbons (Fsp3) is 0. The molecule has 2 nitrogen and oxygen atoms in total. The molecule has 18 heavy (non-hydrogen) atoms. The number of rotatable bonds is 2. The van der Waals surface area contributed by atoms with Crippen molar-refractivity contribution in [1.82, 2.24) is 0 Å². The number of carbonyl (C=O) groups excluding carboxylic acids is 1. The van der Waals surface area contributed by atoms with Crippen LogP contribution in [0.25, 0.3) is 0 Å². The fourth-order valence-electron chi connectivity index (χ4n) is 1.45. The van der Waals surface area contributed by atoms with Crippen molar-refractivity contribution >= 4 is 34.2 Å². The van der Waals surface area contributed by atoms with Crippen molar-refractivity contribution in [1.29, 1.82) is 0 Å². The Balaban J connectivity index is 2.22. The maximum atomic E-state index is 13.0. The molecule has 0 bridgehead atoms. The van der Waals surface area contributed by atoms with E-state index in [9.17, 15) is 13.6 Å². The Morgan fingerprint density at radius 1 is 1.06 bits per heavy atom. The second-order valence-corrected chi connectivity index (χ2v) is 4.87. The summed E-state index contributed by atoms with van der Waals surface area (Å²) in [5.41, 5.74) is 0.530. The lowest BCUT2D eigenvalue weighted by atomic mass is 10.2. The molecule has 0 saturated heterocycles. The molecule has 0 aliphatic rings. The molecular weight excluding hydrogens is 351 g/mol. The lowest BCUT2D eigenvalue weighted by Gasteiger charge is -2.06. The standard InChI is InChI=1S/C13H8F2INO/c14-9-4-8(5-10(15)6-9)13(18)17-12-3-1-2-11(16)7-12/h1-7H,(H,17,18). The minimum atomic E-state index is -0.775. The zero-order valence-electron chi connectivity index (χ0n) is 9.08. The Bertz CT molecular complexity index is 581. The number of nitrogens with one attached hydrogen (secondary N) is 1. The number of amides is 1. The van der Waals surface area contributed by atoms with Crippen LogP contribution < -0.4 is 5.32 Å². The van der Waals surface area contributed by atoms with Gasteiger partial charge in [0.1, 0.15) is 11.6 Å². The first kappa shape index (κ1) is 12.9. The van der Waals surface area contributed by atoms with Gasteiger partial charge in [0, 0.05) is 20.9 Å². The molecular formula is C13H8F2INO. The molecule has 0 aromatic heterocycles. The highest BCUT2D eigenvalue weighted by molar-refractivity contribution is 14.1. The molecule has 0 radical (unpaired) electrons. The summed E-state index contributed by atoms with van der Waals surface area (Å²) in [5.74, 6) is -2.10. The molecule has 2 aromatic rings. The van der Waals surface area contributed by atoms with Crippen LogP contribution in [0.3, 0.4) is 0 Å². The van der Waals surface area contributed by atoms with Crippen molar-refractivity contribution in [2.24, 2.45) is 0 Å². The van der Waals surface area contributed by atoms with Crippen LogP contribution in [0.1, 0.15) is 10.4 Å². The maximum Gasteiger partial charge on any atom is 0.255 e. The number of anilines is 1. The molecule has 2 aromatic carbocycles. The van der Waals surface area contributed by atoms with Crippen molar-refractivity contribution in [3.63, 3.8) is 0 Å². The average Bonchev–Trinajstić information content (AvgIpc) is 2.27. The Morgan fingerprint density at radius 3 is 2.33 bits per heavy atom. The van der Waals surface area contributed by atoms with E-state index in [1.807, 2.05) is 6.07 Å². The van der Waals surface area contributed by atoms with Crippen LogP contribution in [0.5, 0.6) is 0 Å². The molecule has 0 spiro atoms. The lowest BCUT2D eigenvalue weighted by Crippen LogP contribution is -2.12. The molecule has 1 N–H and O–H groups in total. The highest BCUT2D eigenvalue weighted by atomic mass is 127. The third kappa shape index (κ3) is 3.25. The number of halogens is 3. The highest BCUT2D eigenvalue weighted by Gasteiger charge is 2.09. The first-order valence-corrected chi connectivity index (χ1v) is 6.15. The van der Waals surface area contributed by atoms with Gasteiger partial charge in [-0.2, -0.15) is 0 Å². The quantitative estimate of drug-likeness (QED) is 0.812. The van der Waals surface area contributed by atoms with Gasteiger partial charge in [-0.25, -0.2) is 8.78 Å². The van der Waals surface area contributed by atoms with Crippen LogP contribution in [0.2, 0.25) is 0 Å². The van der Waals surface area contributed by atoms with E-state index in [1.54, 1.807) is 18.2 Å². The second kappa shape index (κ2) is 5.43. The Labute approximate surface area is 116 Å². The van der Waals surface area contributed by atoms with Crippen molar-refractivity contribution in [3.8, 4) is 0 Å². The van der Waals surface area contributed by atoms with Gasteiger partial charge in [0.05, 0.1) is 0 Å². The SMILES string of the molecule is O=C(Nc1cccc(I)c1)c1cc(F)cc(F)c1. The molecule has 0 aliphatic carbocycles. The van der Waals surface area contributed by atoms with Gasteiger partial charge < -0.3 is 5.32 Å². The highest BCUT2D eigenvalue weighted by Crippen LogP contribution is 2.15. The summed E-state index contributed by atoms with van der Waals surface area (Å²) in [7, 11) is 0. The fourth-order valence-corrected chi connectivity index (χ4v) is 2.00. The molecule has 0 heterocycles. The van der Waals surface area contributed by atoms with Crippen LogP contribution in [0, 0.1) is 15.2 Å². The van der Waals surface area contributed by atoms with E-state index >= 15 is 0 Å². The number of hydrogen-bond acceptors (Lipinski definition) is 1. The summed E-state index contributed by atoms with van der Waals surface area (Å²) >= 11 is 2.11. The number of benzene rings is 2. The number of carbonyl (C=O) groups is 1. The first-order valence-electron chi connectivity index (χ1n) is 5.07. The van der Waals surface area contributed by atoms with E-state index in [1.165, 1.54) is 0 Å². The molecule has 0 atom stereocenters. The van der Waals surface area contributed by atoms with Crippen molar-refractivity contribution in [3.05, 3.63) is 63.2 Å². The average molecular weight is 359 g/mol. The summed E-state index contributed by atoms with van der Waals surface area (Å²) in [6.07, 6.45) is 0. The van der Waals surface area contributed by atoms with Crippen LogP contribution in [-0.2, 0) is 0 Å². The van der Waals surface area contributed by atoms with Crippen molar-refractivity contribution in [2.45, 2.75) is 0 Å². The smallest absolute Gasteiger partial charge is 0.255 e. The zero-order valence-corrected chi connectivity index (χ0v) is 11.2. The van der Waals surface area contributed by atoms with Gasteiger partial charge in [0.2, 0.25) is 0 Å². The van der Waals surface area contributed by atoms with Gasteiger partial charge in [-0.15, -0.1) is 0 Å². The minimum Gasteiger partial charge on any atom is -0.322 e. The minimum absolute atomic E-state index is 0.0497. The summed E-state index contributed by atoms with van der Waals surface area (Å²) in [6.45, 7) is 0. The van der Waals surface area contributed by atoms with E-state index in [-0.39, 0.29) is 5.56 Å². The summed E-state index contributed by atoms with van der Waals surface area (Å²) in [6, 6.07) is 9.83. The third-order valence-electron chi connectivity index (χ3n) is 2.21. The van der Waals surface area contributed by atoms with Gasteiger partial charge in [-0.05, 0) is 52.9 Å². The van der Waals surface area contributed by atoms with Gasteiger partial charge in [-0.1, -0.05) is 6.07 Å². The second-order valence-electron chi connectivity index (χ2n) is 3.62. The van der Waals surface area contributed by atoms with Crippen LogP contribution in [0.15, 0.2) is 42.5 Å². The molecule has 92 valence electrons. The third-order valence-corrected chi connectivity index (χ3v) is 2.88. The molecule has 5 heteroatoms. The normalized spacial score (nSPS) is 10.2. The summed E-state index contributed by atoms with van der Waals surface area (Å²) in [5, 5.41) is 2.58. The molecule has 0 fully saturated rings. The van der Waals surface area contributed by atoms with Gasteiger partial charge in [0.15, 0.2) is 0 Å². The largest absolute Gasteiger partial charge is 0.322 e. The predicted octanol–water partition coefficient (Wildman–Crippen LogP) is 3.82. The predicted molar refractivity (Wildman–Crippen MR) is 73.5 cm³/mol. The van der Waals surface area contributed by atoms with Crippen molar-refractivity contribution < 1.29 is 13.6 Å². The molecule has 2 rings (SSSR count). The van der Waals surface area contributed by atoms with E-state index in [4.69, 9.17) is 0 Å². The van der Waals surface area contributed by atoms with Crippen molar-refractivity contribution in [2.75, 3.05) is 5.32 Å². The Kier molecular flexibility index (Phi) is 3.90. The maximum absolute atomic E-state index is 13.0. The molecule has 0 unspecified atom stereocenters. The number of hydrogen-bond donors (Lipinski definition) is 1. The van der Waals surface area contributed by atoms with E-state index < -0.39 is 17.5 Å². The van der Waals surface area contributed by atoms with Crippen LogP contribution in [-0.4, -0.2) is 5.91 Å². The molecule has 1 amide bonds. The molecule has 0 aliphatic heterocycles. The zero-order chi connectivity index (χ0) is 13.1. The monoisotopic (exact) mass is 359 g/mol. The topological polar surface area (TPSA) is 29.1 Å². The van der Waals surface area contributed by atoms with Crippen LogP contribution >= 0.6 is 22.6 Å². The van der Waals surface area contributed by atoms with Gasteiger partial charge >= 0.3 is 0 Å².